The van der Waals surface area contributed by atoms with Crippen molar-refractivity contribution in [3.63, 3.8) is 0 Å². The summed E-state index contributed by atoms with van der Waals surface area (Å²) in [6.07, 6.45) is 10.9. The predicted octanol–water partition coefficient (Wildman–Crippen LogP) is 7.99. The van der Waals surface area contributed by atoms with Gasteiger partial charge in [-0.25, -0.2) is 14.4 Å². The highest BCUT2D eigenvalue weighted by molar-refractivity contribution is 7.97. The minimum Gasteiger partial charge on any atom is -0.389 e. The number of aliphatic hydroxyl groups is 1. The Balaban J connectivity index is 0.000000196. The summed E-state index contributed by atoms with van der Waals surface area (Å²) in [4.78, 5) is 47.1. The molecule has 4 N–H and O–H groups in total. The van der Waals surface area contributed by atoms with Crippen LogP contribution in [0.5, 0.6) is 0 Å². The highest BCUT2D eigenvalue weighted by atomic mass is 32.2. The van der Waals surface area contributed by atoms with Crippen LogP contribution in [0.25, 0.3) is 11.3 Å². The Morgan fingerprint density at radius 2 is 1.65 bits per heavy atom. The van der Waals surface area contributed by atoms with Crippen LogP contribution in [-0.4, -0.2) is 85.8 Å². The van der Waals surface area contributed by atoms with Crippen molar-refractivity contribution >= 4 is 47.5 Å². The van der Waals surface area contributed by atoms with Gasteiger partial charge in [0.2, 0.25) is 24.2 Å². The maximum absolute atomic E-state index is 14.8. The lowest BCUT2D eigenvalue weighted by Crippen LogP contribution is -2.46. The number of halogens is 4. The molecule has 18 heteroatoms. The number of amides is 3. The molecule has 2 aromatic heterocycles. The standard InChI is InChI=1S/C24H28F4N6OS.C21H27N3O3/c1-23(2,35)14-34-13-15(11-30-34)21-18(24(26,27)28)12-29-22(32-21)31-20-9-8-17(10-19(20)25)36-33-16-6-4-3-5-7-16;25-15-23-11-7-21(8-12-23)9-13-24(14-10-21)17-3-1-16(2-4-17)18-5-6-19(26)22-20(18)27/h8-13,16,33,35H,3-7,14H2,1-2H3,(H,29,31,32);1-4,15,18H,5-14H2,(H,22,26,27). The van der Waals surface area contributed by atoms with Gasteiger partial charge < -0.3 is 20.2 Å². The first-order chi connectivity index (χ1) is 30.1. The van der Waals surface area contributed by atoms with Gasteiger partial charge in [0.25, 0.3) is 0 Å². The van der Waals surface area contributed by atoms with Crippen LogP contribution in [0.3, 0.4) is 0 Å². The lowest BCUT2D eigenvalue weighted by molar-refractivity contribution is -0.137. The van der Waals surface area contributed by atoms with Crippen molar-refractivity contribution < 1.29 is 37.1 Å². The van der Waals surface area contributed by atoms with Crippen molar-refractivity contribution in [2.45, 2.75) is 120 Å². The van der Waals surface area contributed by atoms with Crippen molar-refractivity contribution in [3.8, 4) is 11.3 Å². The van der Waals surface area contributed by atoms with E-state index in [1.165, 1.54) is 78.9 Å². The van der Waals surface area contributed by atoms with Gasteiger partial charge in [-0.3, -0.25) is 29.1 Å². The third-order valence-corrected chi connectivity index (χ3v) is 13.4. The lowest BCUT2D eigenvalue weighted by atomic mass is 9.71. The monoisotopic (exact) mass is 893 g/mol. The SMILES string of the molecule is CC(C)(O)Cn1cc(-c2nc(Nc3ccc(SNC4CCCCC4)cc3F)ncc2C(F)(F)F)cn1.O=CN1CCC2(CC1)CCN(c1ccc(C3CCC(=O)NC3=O)cc1)CC2. The average Bonchev–Trinajstić information content (AvgIpc) is 3.72. The van der Waals surface area contributed by atoms with E-state index < -0.39 is 28.9 Å². The fourth-order valence-electron chi connectivity index (χ4n) is 8.76. The predicted molar refractivity (Wildman–Crippen MR) is 232 cm³/mol. The number of benzene rings is 2. The molecule has 13 nitrogen and oxygen atoms in total. The summed E-state index contributed by atoms with van der Waals surface area (Å²) in [6.45, 7) is 7.07. The van der Waals surface area contributed by atoms with E-state index in [1.807, 2.05) is 17.0 Å². The third-order valence-electron chi connectivity index (χ3n) is 12.4. The molecule has 2 aromatic carbocycles. The summed E-state index contributed by atoms with van der Waals surface area (Å²) in [5.74, 6) is -1.33. The molecule has 0 bridgehead atoms. The summed E-state index contributed by atoms with van der Waals surface area (Å²) >= 11 is 1.37. The normalized spacial score (nSPS) is 19.6. The zero-order valence-corrected chi connectivity index (χ0v) is 36.4. The molecule has 0 radical (unpaired) electrons. The number of likely N-dealkylation sites (tertiary alicyclic amines) is 1. The molecule has 1 saturated carbocycles. The van der Waals surface area contributed by atoms with Gasteiger partial charge in [0, 0.05) is 67.2 Å². The Morgan fingerprint density at radius 3 is 2.29 bits per heavy atom. The molecule has 1 spiro atoms. The van der Waals surface area contributed by atoms with Crippen LogP contribution in [0, 0.1) is 11.2 Å². The smallest absolute Gasteiger partial charge is 0.389 e. The molecule has 3 saturated heterocycles. The molecular formula is C45H55F4N9O4S. The molecule has 8 rings (SSSR count). The molecule has 1 atom stereocenters. The van der Waals surface area contributed by atoms with Crippen LogP contribution >= 0.6 is 11.9 Å². The van der Waals surface area contributed by atoms with Crippen LogP contribution in [0.2, 0.25) is 0 Å². The average molecular weight is 894 g/mol. The molecule has 3 amide bonds. The summed E-state index contributed by atoms with van der Waals surface area (Å²) < 4.78 is 60.4. The molecule has 1 aliphatic carbocycles. The fourth-order valence-corrected chi connectivity index (χ4v) is 9.60. The first kappa shape index (κ1) is 45.9. The second-order valence-corrected chi connectivity index (χ2v) is 18.6. The number of anilines is 3. The number of piperidine rings is 3. The molecule has 4 aromatic rings. The van der Waals surface area contributed by atoms with E-state index >= 15 is 0 Å². The Labute approximate surface area is 368 Å². The van der Waals surface area contributed by atoms with Crippen LogP contribution in [0.4, 0.5) is 34.9 Å². The van der Waals surface area contributed by atoms with Crippen LogP contribution < -0.4 is 20.3 Å². The van der Waals surface area contributed by atoms with Crippen molar-refractivity contribution in [2.24, 2.45) is 5.41 Å². The van der Waals surface area contributed by atoms with Gasteiger partial charge in [-0.15, -0.1) is 0 Å². The van der Waals surface area contributed by atoms with Crippen LogP contribution in [0.1, 0.15) is 102 Å². The zero-order valence-electron chi connectivity index (χ0n) is 35.6. The van der Waals surface area contributed by atoms with Gasteiger partial charge in [-0.1, -0.05) is 31.4 Å². The summed E-state index contributed by atoms with van der Waals surface area (Å²) in [6, 6.07) is 13.2. The third kappa shape index (κ3) is 12.1. The van der Waals surface area contributed by atoms with Gasteiger partial charge >= 0.3 is 6.18 Å². The summed E-state index contributed by atoms with van der Waals surface area (Å²) in [5, 5.41) is 19.1. The highest BCUT2D eigenvalue weighted by Crippen LogP contribution is 2.42. The lowest BCUT2D eigenvalue weighted by Gasteiger charge is -2.46. The first-order valence-electron chi connectivity index (χ1n) is 21.6. The van der Waals surface area contributed by atoms with E-state index in [2.05, 4.69) is 47.5 Å². The largest absolute Gasteiger partial charge is 0.419 e. The Hall–Kier alpha value is -5.07. The molecule has 4 aliphatic rings. The number of carbonyl (C=O) groups excluding carboxylic acids is 3. The Morgan fingerprint density at radius 1 is 0.952 bits per heavy atom. The van der Waals surface area contributed by atoms with E-state index in [-0.39, 0.29) is 41.5 Å². The number of imide groups is 1. The molecule has 338 valence electrons. The second-order valence-electron chi connectivity index (χ2n) is 17.7. The maximum Gasteiger partial charge on any atom is 0.419 e. The van der Waals surface area contributed by atoms with E-state index in [0.29, 0.717) is 35.4 Å². The van der Waals surface area contributed by atoms with E-state index in [1.54, 1.807) is 19.9 Å². The quantitative estimate of drug-likeness (QED) is 0.0501. The number of nitrogens with zero attached hydrogens (tertiary/aromatic N) is 6. The minimum atomic E-state index is -4.71. The number of hydrogen-bond donors (Lipinski definition) is 4. The molecule has 4 fully saturated rings. The van der Waals surface area contributed by atoms with Gasteiger partial charge in [-0.05, 0) is 112 Å². The van der Waals surface area contributed by atoms with E-state index in [4.69, 9.17) is 0 Å². The van der Waals surface area contributed by atoms with Crippen molar-refractivity contribution in [3.05, 3.63) is 78.0 Å². The van der Waals surface area contributed by atoms with Gasteiger partial charge in [0.1, 0.15) is 11.4 Å². The zero-order chi connectivity index (χ0) is 44.8. The van der Waals surface area contributed by atoms with Crippen molar-refractivity contribution in [1.29, 1.82) is 0 Å². The van der Waals surface area contributed by atoms with Crippen molar-refractivity contribution in [2.75, 3.05) is 36.4 Å². The first-order valence-corrected chi connectivity index (χ1v) is 22.4. The Bertz CT molecular complexity index is 2210. The number of nitrogens with one attached hydrogen (secondary N) is 3. The summed E-state index contributed by atoms with van der Waals surface area (Å²) in [7, 11) is 0. The fraction of sp³-hybridized carbons (Fsp3) is 0.511. The number of aromatic nitrogens is 4. The van der Waals surface area contributed by atoms with Crippen LogP contribution in [-0.2, 0) is 27.1 Å². The van der Waals surface area contributed by atoms with E-state index in [9.17, 15) is 37.1 Å². The molecule has 1 unspecified atom stereocenters. The number of alkyl halides is 3. The molecule has 63 heavy (non-hydrogen) atoms. The molecule has 5 heterocycles. The summed E-state index contributed by atoms with van der Waals surface area (Å²) in [5.41, 5.74) is 0.178. The maximum atomic E-state index is 14.8. The van der Waals surface area contributed by atoms with E-state index in [0.717, 1.165) is 63.8 Å². The number of hydrogen-bond acceptors (Lipinski definition) is 11. The molecular weight excluding hydrogens is 839 g/mol. The van der Waals surface area contributed by atoms with Crippen molar-refractivity contribution in [1.82, 2.24) is 34.7 Å². The minimum absolute atomic E-state index is 0.0421. The highest BCUT2D eigenvalue weighted by Gasteiger charge is 2.38. The Kier molecular flexibility index (Phi) is 14.4. The number of carbonyl (C=O) groups is 3. The molecule has 3 aliphatic heterocycles. The topological polar surface area (TPSA) is 158 Å². The van der Waals surface area contributed by atoms with Gasteiger partial charge in [-0.2, -0.15) is 18.3 Å². The second kappa shape index (κ2) is 19.8. The van der Waals surface area contributed by atoms with Gasteiger partial charge in [0.15, 0.2) is 0 Å². The number of rotatable bonds is 11. The van der Waals surface area contributed by atoms with Crippen LogP contribution in [0.15, 0.2) is 66.0 Å². The van der Waals surface area contributed by atoms with Gasteiger partial charge in [0.05, 0.1) is 35.6 Å².